The maximum Gasteiger partial charge on any atom is 0.165 e. The molecule has 20 heavy (non-hydrogen) atoms. The van der Waals surface area contributed by atoms with Crippen LogP contribution in [-0.4, -0.2) is 14.2 Å². The lowest BCUT2D eigenvalue weighted by atomic mass is 9.98. The Balaban J connectivity index is 2.40. The Morgan fingerprint density at radius 1 is 1.05 bits per heavy atom. The molecule has 2 rings (SSSR count). The van der Waals surface area contributed by atoms with Gasteiger partial charge in [-0.1, -0.05) is 28.1 Å². The summed E-state index contributed by atoms with van der Waals surface area (Å²) in [7, 11) is 3.00. The van der Waals surface area contributed by atoms with Crippen LogP contribution in [0.4, 0.5) is 4.39 Å². The molecule has 0 bridgehead atoms. The zero-order valence-corrected chi connectivity index (χ0v) is 12.8. The summed E-state index contributed by atoms with van der Waals surface area (Å²) in [5.41, 5.74) is 7.65. The van der Waals surface area contributed by atoms with E-state index < -0.39 is 11.9 Å². The molecule has 1 atom stereocenters. The van der Waals surface area contributed by atoms with Crippen molar-refractivity contribution in [2.75, 3.05) is 14.2 Å². The quantitative estimate of drug-likeness (QED) is 0.924. The molecule has 0 aliphatic carbocycles. The summed E-state index contributed by atoms with van der Waals surface area (Å²) in [5.74, 6) is 0.420. The first kappa shape index (κ1) is 14.8. The average molecular weight is 340 g/mol. The molecule has 2 aromatic rings. The van der Waals surface area contributed by atoms with E-state index in [1.807, 2.05) is 18.2 Å². The second-order valence-corrected chi connectivity index (χ2v) is 5.17. The van der Waals surface area contributed by atoms with Gasteiger partial charge in [0, 0.05) is 10.0 Å². The summed E-state index contributed by atoms with van der Waals surface area (Å²) in [5, 5.41) is 0. The van der Waals surface area contributed by atoms with Gasteiger partial charge in [0.25, 0.3) is 0 Å². The fraction of sp³-hybridized carbons (Fsp3) is 0.200. The van der Waals surface area contributed by atoms with Gasteiger partial charge in [-0.15, -0.1) is 0 Å². The van der Waals surface area contributed by atoms with E-state index in [2.05, 4.69) is 15.9 Å². The molecule has 2 N–H and O–H groups in total. The Morgan fingerprint density at radius 3 is 2.35 bits per heavy atom. The largest absolute Gasteiger partial charge is 0.496 e. The first-order chi connectivity index (χ1) is 9.56. The van der Waals surface area contributed by atoms with Gasteiger partial charge in [0.15, 0.2) is 11.6 Å². The minimum absolute atomic E-state index is 0.198. The number of rotatable bonds is 4. The van der Waals surface area contributed by atoms with Gasteiger partial charge in [-0.05, 0) is 29.8 Å². The van der Waals surface area contributed by atoms with Gasteiger partial charge in [0.05, 0.1) is 20.3 Å². The van der Waals surface area contributed by atoms with E-state index in [0.29, 0.717) is 11.3 Å². The summed E-state index contributed by atoms with van der Waals surface area (Å²) < 4.78 is 24.9. The number of methoxy groups -OCH3 is 2. The van der Waals surface area contributed by atoms with E-state index >= 15 is 0 Å². The second kappa shape index (κ2) is 6.24. The van der Waals surface area contributed by atoms with Crippen molar-refractivity contribution in [3.63, 3.8) is 0 Å². The van der Waals surface area contributed by atoms with Gasteiger partial charge in [-0.25, -0.2) is 4.39 Å². The molecule has 0 amide bonds. The van der Waals surface area contributed by atoms with E-state index in [-0.39, 0.29) is 5.75 Å². The molecule has 1 unspecified atom stereocenters. The van der Waals surface area contributed by atoms with Crippen LogP contribution in [0.1, 0.15) is 17.2 Å². The Labute approximate surface area is 125 Å². The fourth-order valence-electron chi connectivity index (χ4n) is 2.00. The lowest BCUT2D eigenvalue weighted by Gasteiger charge is -2.17. The topological polar surface area (TPSA) is 44.5 Å². The summed E-state index contributed by atoms with van der Waals surface area (Å²) in [6, 6.07) is 9.77. The van der Waals surface area contributed by atoms with Gasteiger partial charge in [-0.2, -0.15) is 0 Å². The normalized spacial score (nSPS) is 12.1. The van der Waals surface area contributed by atoms with Crippen LogP contribution in [0.2, 0.25) is 0 Å². The summed E-state index contributed by atoms with van der Waals surface area (Å²) >= 11 is 3.38. The average Bonchev–Trinajstić information content (AvgIpc) is 2.46. The van der Waals surface area contributed by atoms with Crippen LogP contribution in [0, 0.1) is 5.82 Å². The van der Waals surface area contributed by atoms with E-state index in [0.717, 1.165) is 10.0 Å². The van der Waals surface area contributed by atoms with Crippen molar-refractivity contribution >= 4 is 15.9 Å². The Morgan fingerprint density at radius 2 is 1.75 bits per heavy atom. The number of halogens is 2. The molecule has 5 heteroatoms. The zero-order valence-electron chi connectivity index (χ0n) is 11.2. The van der Waals surface area contributed by atoms with E-state index in [4.69, 9.17) is 15.2 Å². The van der Waals surface area contributed by atoms with Crippen molar-refractivity contribution in [2.45, 2.75) is 6.04 Å². The number of hydrogen-bond acceptors (Lipinski definition) is 3. The Bertz CT molecular complexity index is 619. The fourth-order valence-corrected chi connectivity index (χ4v) is 2.34. The number of ether oxygens (including phenoxy) is 2. The Hall–Kier alpha value is -1.59. The van der Waals surface area contributed by atoms with Crippen molar-refractivity contribution in [3.05, 3.63) is 57.8 Å². The van der Waals surface area contributed by atoms with Crippen molar-refractivity contribution in [1.29, 1.82) is 0 Å². The molecule has 0 radical (unpaired) electrons. The first-order valence-corrected chi connectivity index (χ1v) is 6.78. The third-order valence-electron chi connectivity index (χ3n) is 3.07. The van der Waals surface area contributed by atoms with E-state index in [1.54, 1.807) is 19.2 Å². The highest BCUT2D eigenvalue weighted by Crippen LogP contribution is 2.32. The molecule has 106 valence electrons. The molecule has 0 saturated heterocycles. The highest BCUT2D eigenvalue weighted by molar-refractivity contribution is 9.10. The molecule has 0 aliphatic heterocycles. The van der Waals surface area contributed by atoms with Crippen molar-refractivity contribution in [1.82, 2.24) is 0 Å². The lowest BCUT2D eigenvalue weighted by molar-refractivity contribution is 0.386. The van der Waals surface area contributed by atoms with Gasteiger partial charge in [0.1, 0.15) is 5.75 Å². The number of nitrogens with two attached hydrogens (primary N) is 1. The summed E-state index contributed by atoms with van der Waals surface area (Å²) in [6.45, 7) is 0. The maximum absolute atomic E-state index is 13.8. The summed E-state index contributed by atoms with van der Waals surface area (Å²) in [6.07, 6.45) is 0. The van der Waals surface area contributed by atoms with Crippen LogP contribution in [0.3, 0.4) is 0 Å². The standard InChI is InChI=1S/C15H15BrFNO2/c1-19-13-6-3-9(7-12(13)17)15(18)11-5-4-10(16)8-14(11)20-2/h3-8,15H,18H2,1-2H3. The minimum Gasteiger partial charge on any atom is -0.496 e. The maximum atomic E-state index is 13.8. The van der Waals surface area contributed by atoms with Gasteiger partial charge in [-0.3, -0.25) is 0 Å². The van der Waals surface area contributed by atoms with Crippen LogP contribution in [-0.2, 0) is 0 Å². The van der Waals surface area contributed by atoms with E-state index in [1.165, 1.54) is 13.2 Å². The zero-order chi connectivity index (χ0) is 14.7. The smallest absolute Gasteiger partial charge is 0.165 e. The van der Waals surface area contributed by atoms with Crippen LogP contribution in [0.25, 0.3) is 0 Å². The minimum atomic E-state index is -0.474. The molecular formula is C15H15BrFNO2. The highest BCUT2D eigenvalue weighted by Gasteiger charge is 2.16. The third-order valence-corrected chi connectivity index (χ3v) is 3.56. The van der Waals surface area contributed by atoms with Gasteiger partial charge in [0.2, 0.25) is 0 Å². The second-order valence-electron chi connectivity index (χ2n) is 4.26. The molecule has 0 fully saturated rings. The van der Waals surface area contributed by atoms with Gasteiger partial charge < -0.3 is 15.2 Å². The van der Waals surface area contributed by atoms with Crippen LogP contribution < -0.4 is 15.2 Å². The number of hydrogen-bond donors (Lipinski definition) is 1. The predicted octanol–water partition coefficient (Wildman–Crippen LogP) is 3.65. The molecular weight excluding hydrogens is 325 g/mol. The Kier molecular flexibility index (Phi) is 4.62. The molecule has 0 spiro atoms. The highest BCUT2D eigenvalue weighted by atomic mass is 79.9. The number of benzene rings is 2. The lowest BCUT2D eigenvalue weighted by Crippen LogP contribution is -2.13. The molecule has 0 heterocycles. The molecule has 2 aromatic carbocycles. The molecule has 0 aliphatic rings. The van der Waals surface area contributed by atoms with Crippen molar-refractivity contribution < 1.29 is 13.9 Å². The predicted molar refractivity (Wildman–Crippen MR) is 79.7 cm³/mol. The third kappa shape index (κ3) is 2.94. The van der Waals surface area contributed by atoms with Crippen LogP contribution >= 0.6 is 15.9 Å². The molecule has 3 nitrogen and oxygen atoms in total. The van der Waals surface area contributed by atoms with Crippen molar-refractivity contribution in [3.8, 4) is 11.5 Å². The van der Waals surface area contributed by atoms with Crippen LogP contribution in [0.15, 0.2) is 40.9 Å². The van der Waals surface area contributed by atoms with E-state index in [9.17, 15) is 4.39 Å². The van der Waals surface area contributed by atoms with Crippen molar-refractivity contribution in [2.24, 2.45) is 5.73 Å². The molecule has 0 saturated carbocycles. The molecule has 0 aromatic heterocycles. The monoisotopic (exact) mass is 339 g/mol. The SMILES string of the molecule is COc1ccc(C(N)c2ccc(Br)cc2OC)cc1F. The summed E-state index contributed by atoms with van der Waals surface area (Å²) in [4.78, 5) is 0. The van der Waals surface area contributed by atoms with Crippen LogP contribution in [0.5, 0.6) is 11.5 Å². The van der Waals surface area contributed by atoms with Gasteiger partial charge >= 0.3 is 0 Å². The first-order valence-electron chi connectivity index (χ1n) is 5.99.